The Balaban J connectivity index is 0.893. The highest BCUT2D eigenvalue weighted by Crippen LogP contribution is 2.56. The van der Waals surface area contributed by atoms with Crippen molar-refractivity contribution in [3.63, 3.8) is 0 Å². The van der Waals surface area contributed by atoms with E-state index in [1.165, 1.54) is 71.0 Å². The van der Waals surface area contributed by atoms with Gasteiger partial charge in [0.05, 0.1) is 50.2 Å². The van der Waals surface area contributed by atoms with Crippen LogP contribution < -0.4 is 26.2 Å². The first kappa shape index (κ1) is 83.3. The molecule has 5 heterocycles. The summed E-state index contributed by atoms with van der Waals surface area (Å²) in [5, 5.41) is 7.31. The van der Waals surface area contributed by atoms with Crippen LogP contribution in [0.4, 0.5) is 34.1 Å². The lowest BCUT2D eigenvalue weighted by molar-refractivity contribution is 0.590. The van der Waals surface area contributed by atoms with Crippen LogP contribution in [0.2, 0.25) is 0 Å². The fourth-order valence-corrected chi connectivity index (χ4v) is 22.0. The normalized spacial score (nSPS) is 12.8. The molecular weight excluding hydrogens is 1640 g/mol. The molecular formula is C130H106BN5. The summed E-state index contributed by atoms with van der Waals surface area (Å²) in [5.41, 5.74) is 42.6. The van der Waals surface area contributed by atoms with Gasteiger partial charge in [-0.3, -0.25) is 0 Å². The first-order valence-corrected chi connectivity index (χ1v) is 48.1. The summed E-state index contributed by atoms with van der Waals surface area (Å²) < 4.78 is 7.74. The molecule has 5 nitrogen and oxygen atoms in total. The van der Waals surface area contributed by atoms with Gasteiger partial charge < -0.3 is 23.5 Å². The van der Waals surface area contributed by atoms with Crippen molar-refractivity contribution in [1.82, 2.24) is 13.7 Å². The highest BCUT2D eigenvalue weighted by atomic mass is 15.2. The third-order valence-corrected chi connectivity index (χ3v) is 29.0. The number of hydrogen-bond acceptors (Lipinski definition) is 2. The van der Waals surface area contributed by atoms with E-state index in [0.717, 1.165) is 173 Å². The third-order valence-electron chi connectivity index (χ3n) is 29.0. The zero-order valence-corrected chi connectivity index (χ0v) is 79.2. The zero-order valence-electron chi connectivity index (χ0n) is 79.2. The minimum absolute atomic E-state index is 0.111. The van der Waals surface area contributed by atoms with Crippen LogP contribution in [0.1, 0.15) is 105 Å². The number of para-hydroxylation sites is 4. The van der Waals surface area contributed by atoms with Gasteiger partial charge in [-0.15, -0.1) is 0 Å². The van der Waals surface area contributed by atoms with Crippen LogP contribution in [-0.4, -0.2) is 20.4 Å². The predicted octanol–water partition coefficient (Wildman–Crippen LogP) is 33.6. The van der Waals surface area contributed by atoms with Crippen LogP contribution in [0.3, 0.4) is 0 Å². The Morgan fingerprint density at radius 2 is 0.419 bits per heavy atom. The summed E-state index contributed by atoms with van der Waals surface area (Å²) in [7, 11) is 0. The average molecular weight is 1750 g/mol. The highest BCUT2D eigenvalue weighted by molar-refractivity contribution is 7.00. The first-order chi connectivity index (χ1) is 66.0. The van der Waals surface area contributed by atoms with Gasteiger partial charge in [-0.05, 0) is 248 Å². The van der Waals surface area contributed by atoms with Crippen LogP contribution in [0.5, 0.6) is 0 Å². The van der Waals surface area contributed by atoms with Gasteiger partial charge in [-0.2, -0.15) is 0 Å². The van der Waals surface area contributed by atoms with Gasteiger partial charge in [0.1, 0.15) is 0 Å². The lowest BCUT2D eigenvalue weighted by Crippen LogP contribution is -2.61. The molecule has 0 atom stereocenters. The predicted molar refractivity (Wildman–Crippen MR) is 582 cm³/mol. The number of anilines is 6. The van der Waals surface area contributed by atoms with Crippen molar-refractivity contribution in [2.24, 2.45) is 0 Å². The number of aromatic nitrogens is 3. The molecule has 0 fully saturated rings. The molecule has 0 saturated carbocycles. The molecule has 0 amide bonds. The molecule has 0 aliphatic carbocycles. The summed E-state index contributed by atoms with van der Waals surface area (Å²) in [6.45, 7) is 27.7. The fourth-order valence-electron chi connectivity index (χ4n) is 22.0. The number of nitrogens with zero attached hydrogens (tertiary/aromatic N) is 5. The van der Waals surface area contributed by atoms with E-state index >= 15 is 0 Å². The molecule has 3 aromatic heterocycles. The number of fused-ring (bicyclic) bond motifs is 13. The maximum atomic E-state index is 2.76. The SMILES string of the molecule is CC(C)(C)c1ccc2c(c1)c1cc(C(C)(C)C)ccc1n2-c1ccc2c(c1)N(c1c(-c3cccc(-c4ccccc4)c3)cccc1-c1cccc(-c3ccccc3)c1)c1cc(-n3c4ccccc4c4ccccc43)cc3c1B2c1ccc(-n2c4ccc(C(C)(C)C)cc4c4cc(C(C)(C)C)ccc42)cc1N3c1c(-c2cccc(-c3ccccc3)c2)cccc1-c1cccc(-c2ccccc2)c1. The molecule has 19 aromatic carbocycles. The Hall–Kier alpha value is -15.8. The summed E-state index contributed by atoms with van der Waals surface area (Å²) in [6, 6.07) is 163. The Bertz CT molecular complexity index is 7730. The molecule has 22 aromatic rings. The molecule has 654 valence electrons. The Morgan fingerprint density at radius 3 is 0.713 bits per heavy atom. The van der Waals surface area contributed by atoms with Gasteiger partial charge in [0.15, 0.2) is 0 Å². The van der Waals surface area contributed by atoms with Gasteiger partial charge in [0, 0.05) is 88.7 Å². The van der Waals surface area contributed by atoms with Gasteiger partial charge in [-0.1, -0.05) is 386 Å². The summed E-state index contributed by atoms with van der Waals surface area (Å²) >= 11 is 0. The minimum Gasteiger partial charge on any atom is -0.310 e. The number of benzene rings is 19. The maximum Gasteiger partial charge on any atom is 0.252 e. The van der Waals surface area contributed by atoms with Gasteiger partial charge in [0.25, 0.3) is 6.71 Å². The molecule has 0 saturated heterocycles. The lowest BCUT2D eigenvalue weighted by Gasteiger charge is -2.46. The van der Waals surface area contributed by atoms with Crippen molar-refractivity contribution in [1.29, 1.82) is 0 Å². The van der Waals surface area contributed by atoms with E-state index in [-0.39, 0.29) is 21.7 Å². The summed E-state index contributed by atoms with van der Waals surface area (Å²) in [4.78, 5) is 5.52. The highest BCUT2D eigenvalue weighted by Gasteiger charge is 2.47. The van der Waals surface area contributed by atoms with Crippen molar-refractivity contribution < 1.29 is 0 Å². The standard InChI is InChI=1S/C130H106BN5/c1-127(2,3)95-59-67-116-108(75-95)109-76-96(128(4,5)6)60-68-117(109)132(116)99-63-65-112-120(79-99)135(125-102(91-47-29-43-87(71-91)83-35-17-13-18-36-83)53-33-54-103(125)92-48-30-44-88(72-92)84-37-19-14-20-38-84)122-81-101(134-114-57-27-25-51-106(114)107-52-26-28-58-115(107)134)82-123-124(122)131(112)113-66-64-100(133-118-69-61-97(129(7,8)9)77-110(118)111-78-98(130(10,11)12)62-70-119(111)133)80-121(113)136(123)126-104(93-49-31-45-89(73-93)85-39-21-15-22-40-85)55-34-56-105(126)94-50-32-46-90(74-94)86-41-23-16-24-42-86/h13-82H,1-12H3. The zero-order chi connectivity index (χ0) is 92.4. The van der Waals surface area contributed by atoms with E-state index in [9.17, 15) is 0 Å². The fraction of sp³-hybridized carbons (Fsp3) is 0.123. The molecule has 2 aliphatic rings. The van der Waals surface area contributed by atoms with Gasteiger partial charge >= 0.3 is 0 Å². The van der Waals surface area contributed by atoms with Crippen LogP contribution in [-0.2, 0) is 21.7 Å². The Morgan fingerprint density at radius 1 is 0.176 bits per heavy atom. The molecule has 2 aliphatic heterocycles. The topological polar surface area (TPSA) is 21.3 Å². The van der Waals surface area contributed by atoms with Crippen molar-refractivity contribution in [3.8, 4) is 106 Å². The van der Waals surface area contributed by atoms with E-state index in [1.54, 1.807) is 0 Å². The second-order valence-corrected chi connectivity index (χ2v) is 41.6. The van der Waals surface area contributed by atoms with Crippen LogP contribution >= 0.6 is 0 Å². The molecule has 0 N–H and O–H groups in total. The summed E-state index contributed by atoms with van der Waals surface area (Å²) in [6.07, 6.45) is 0. The number of rotatable bonds is 13. The van der Waals surface area contributed by atoms with E-state index in [2.05, 4.69) is 531 Å². The molecule has 24 rings (SSSR count). The minimum atomic E-state index is -0.390. The summed E-state index contributed by atoms with van der Waals surface area (Å²) in [5.74, 6) is 0. The van der Waals surface area contributed by atoms with E-state index < -0.39 is 6.71 Å². The second-order valence-electron chi connectivity index (χ2n) is 41.6. The van der Waals surface area contributed by atoms with E-state index in [0.29, 0.717) is 0 Å². The molecule has 6 heteroatoms. The second kappa shape index (κ2) is 32.0. The van der Waals surface area contributed by atoms with E-state index in [1.807, 2.05) is 0 Å². The molecule has 0 unspecified atom stereocenters. The van der Waals surface area contributed by atoms with Crippen molar-refractivity contribution in [3.05, 3.63) is 447 Å². The monoisotopic (exact) mass is 1750 g/mol. The van der Waals surface area contributed by atoms with Gasteiger partial charge in [0.2, 0.25) is 0 Å². The maximum absolute atomic E-state index is 2.76. The smallest absolute Gasteiger partial charge is 0.252 e. The molecule has 0 radical (unpaired) electrons. The number of hydrogen-bond donors (Lipinski definition) is 0. The van der Waals surface area contributed by atoms with Crippen molar-refractivity contribution in [2.75, 3.05) is 9.80 Å². The quantitative estimate of drug-likeness (QED) is 0.107. The van der Waals surface area contributed by atoms with Gasteiger partial charge in [-0.25, -0.2) is 0 Å². The van der Waals surface area contributed by atoms with Crippen molar-refractivity contribution in [2.45, 2.75) is 105 Å². The first-order valence-electron chi connectivity index (χ1n) is 48.1. The van der Waals surface area contributed by atoms with Crippen LogP contribution in [0.15, 0.2) is 425 Å². The molecule has 0 spiro atoms. The largest absolute Gasteiger partial charge is 0.310 e. The third kappa shape index (κ3) is 14.0. The average Bonchev–Trinajstić information content (AvgIpc) is 0.958. The Labute approximate surface area is 798 Å². The molecule has 0 bridgehead atoms. The van der Waals surface area contributed by atoms with Crippen LogP contribution in [0, 0.1) is 0 Å². The van der Waals surface area contributed by atoms with Crippen molar-refractivity contribution >= 4 is 123 Å². The van der Waals surface area contributed by atoms with Crippen LogP contribution in [0.25, 0.3) is 171 Å². The lowest BCUT2D eigenvalue weighted by atomic mass is 9.33. The molecule has 136 heavy (non-hydrogen) atoms. The Kier molecular flexibility index (Phi) is 19.6. The van der Waals surface area contributed by atoms with E-state index in [4.69, 9.17) is 0 Å².